The van der Waals surface area contributed by atoms with E-state index < -0.39 is 12.3 Å². The number of carbonyl (C=O) groups excluding carboxylic acids is 1. The molecule has 1 aliphatic carbocycles. The number of nitrogens with one attached hydrogen (secondary N) is 2. The number of alkyl halides is 3. The lowest BCUT2D eigenvalue weighted by molar-refractivity contribution is -0.274. The first-order chi connectivity index (χ1) is 15.8. The molecule has 5 rings (SSSR count). The maximum atomic E-state index is 12.6. The number of nitrogens with zero attached hydrogens (tertiary/aromatic N) is 5. The van der Waals surface area contributed by atoms with Gasteiger partial charge >= 0.3 is 6.36 Å². The van der Waals surface area contributed by atoms with Gasteiger partial charge in [-0.2, -0.15) is 4.98 Å². The van der Waals surface area contributed by atoms with E-state index in [2.05, 4.69) is 35.8 Å². The van der Waals surface area contributed by atoms with Gasteiger partial charge < -0.3 is 19.9 Å². The number of carbonyl (C=O) groups is 1. The summed E-state index contributed by atoms with van der Waals surface area (Å²) in [6.45, 7) is 1.19. The second-order valence-corrected chi connectivity index (χ2v) is 8.13. The van der Waals surface area contributed by atoms with E-state index >= 15 is 0 Å². The summed E-state index contributed by atoms with van der Waals surface area (Å²) in [5.74, 6) is -0.914. The molecular weight excluding hydrogens is 443 g/mol. The van der Waals surface area contributed by atoms with Crippen molar-refractivity contribution in [2.75, 3.05) is 6.54 Å². The van der Waals surface area contributed by atoms with Gasteiger partial charge in [0, 0.05) is 30.4 Å². The van der Waals surface area contributed by atoms with Crippen LogP contribution in [0.3, 0.4) is 0 Å². The first-order valence-electron chi connectivity index (χ1n) is 10.5. The minimum Gasteiger partial charge on any atom is -0.406 e. The van der Waals surface area contributed by atoms with Crippen molar-refractivity contribution in [1.82, 2.24) is 35.8 Å². The molecule has 33 heavy (non-hydrogen) atoms. The van der Waals surface area contributed by atoms with Crippen LogP contribution in [0.2, 0.25) is 0 Å². The largest absolute Gasteiger partial charge is 0.573 e. The molecule has 1 saturated heterocycles. The molecule has 1 amide bonds. The van der Waals surface area contributed by atoms with E-state index in [4.69, 9.17) is 4.52 Å². The van der Waals surface area contributed by atoms with Crippen molar-refractivity contribution in [3.8, 4) is 17.2 Å². The van der Waals surface area contributed by atoms with Gasteiger partial charge in [-0.05, 0) is 42.9 Å². The quantitative estimate of drug-likeness (QED) is 0.548. The summed E-state index contributed by atoms with van der Waals surface area (Å²) in [6, 6.07) is 4.02. The summed E-state index contributed by atoms with van der Waals surface area (Å²) in [4.78, 5) is 16.8. The topological polar surface area (TPSA) is 120 Å². The average molecular weight is 463 g/mol. The van der Waals surface area contributed by atoms with Crippen LogP contribution in [0, 0.1) is 0 Å². The first-order valence-corrected chi connectivity index (χ1v) is 10.5. The Hall–Kier alpha value is -3.48. The standard InChI is InChI=1S/C20H20F3N7O3/c21-20(22,23)32-14-3-4-15(11-1-2-11)16(8-14)19-27-17(28-33-19)18(31)26-12-7-13(24-9-12)10-30-6-5-25-29-30/h3-6,8,11-13,24H,1-2,7,9-10H2,(H,26,31)/t12-,13+/m1/s1. The van der Waals surface area contributed by atoms with Gasteiger partial charge in [0.1, 0.15) is 5.75 Å². The summed E-state index contributed by atoms with van der Waals surface area (Å²) >= 11 is 0. The lowest BCUT2D eigenvalue weighted by Crippen LogP contribution is -2.36. The highest BCUT2D eigenvalue weighted by Gasteiger charge is 2.34. The summed E-state index contributed by atoms with van der Waals surface area (Å²) in [5, 5.41) is 17.6. The fraction of sp³-hybridized carbons (Fsp3) is 0.450. The first kappa shape index (κ1) is 21.4. The summed E-state index contributed by atoms with van der Waals surface area (Å²) in [6.07, 6.45) is 1.05. The number of ether oxygens (including phenoxy) is 1. The van der Waals surface area contributed by atoms with Crippen molar-refractivity contribution in [1.29, 1.82) is 0 Å². The fourth-order valence-electron chi connectivity index (χ4n) is 3.97. The fourth-order valence-corrected chi connectivity index (χ4v) is 3.97. The van der Waals surface area contributed by atoms with E-state index in [1.807, 2.05) is 0 Å². The van der Waals surface area contributed by atoms with E-state index in [9.17, 15) is 18.0 Å². The van der Waals surface area contributed by atoms with Crippen LogP contribution in [-0.2, 0) is 6.54 Å². The monoisotopic (exact) mass is 463 g/mol. The van der Waals surface area contributed by atoms with Gasteiger partial charge in [0.15, 0.2) is 0 Å². The van der Waals surface area contributed by atoms with Gasteiger partial charge in [-0.15, -0.1) is 18.3 Å². The number of rotatable bonds is 7. The number of halogens is 3. The predicted octanol–water partition coefficient (Wildman–Crippen LogP) is 2.26. The van der Waals surface area contributed by atoms with Gasteiger partial charge in [-0.3, -0.25) is 9.48 Å². The molecule has 3 aromatic rings. The number of benzene rings is 1. The summed E-state index contributed by atoms with van der Waals surface area (Å²) < 4.78 is 48.9. The summed E-state index contributed by atoms with van der Waals surface area (Å²) in [5.41, 5.74) is 1.12. The van der Waals surface area contributed by atoms with Gasteiger partial charge in [-0.1, -0.05) is 16.4 Å². The van der Waals surface area contributed by atoms with E-state index in [1.54, 1.807) is 23.1 Å². The molecule has 174 valence electrons. The number of amides is 1. The minimum absolute atomic E-state index is 0.0247. The minimum atomic E-state index is -4.82. The molecule has 0 bridgehead atoms. The number of aromatic nitrogens is 5. The highest BCUT2D eigenvalue weighted by molar-refractivity contribution is 5.91. The zero-order valence-corrected chi connectivity index (χ0v) is 17.2. The van der Waals surface area contributed by atoms with Crippen LogP contribution in [0.15, 0.2) is 35.1 Å². The molecular formula is C20H20F3N7O3. The van der Waals surface area contributed by atoms with Crippen molar-refractivity contribution in [2.24, 2.45) is 0 Å². The molecule has 2 aliphatic rings. The van der Waals surface area contributed by atoms with Crippen molar-refractivity contribution in [3.63, 3.8) is 0 Å². The van der Waals surface area contributed by atoms with Crippen molar-refractivity contribution >= 4 is 5.91 Å². The molecule has 1 aliphatic heterocycles. The maximum absolute atomic E-state index is 12.6. The van der Waals surface area contributed by atoms with Crippen LogP contribution in [0.4, 0.5) is 13.2 Å². The lowest BCUT2D eigenvalue weighted by Gasteiger charge is -2.11. The highest BCUT2D eigenvalue weighted by Crippen LogP contribution is 2.45. The molecule has 2 aromatic heterocycles. The predicted molar refractivity (Wildman–Crippen MR) is 106 cm³/mol. The smallest absolute Gasteiger partial charge is 0.406 e. The molecule has 10 nitrogen and oxygen atoms in total. The normalized spacial score (nSPS) is 20.7. The molecule has 2 atom stereocenters. The Morgan fingerprint density at radius 3 is 2.91 bits per heavy atom. The third kappa shape index (κ3) is 5.13. The summed E-state index contributed by atoms with van der Waals surface area (Å²) in [7, 11) is 0. The van der Waals surface area contributed by atoms with E-state index in [0.29, 0.717) is 25.1 Å². The van der Waals surface area contributed by atoms with E-state index in [-0.39, 0.29) is 35.5 Å². The average Bonchev–Trinajstić information content (AvgIpc) is 3.15. The zero-order chi connectivity index (χ0) is 23.0. The van der Waals surface area contributed by atoms with Crippen LogP contribution in [0.1, 0.15) is 41.4 Å². The SMILES string of the molecule is O=C(N[C@H]1CN[C@H](Cn2ccnn2)C1)c1noc(-c2cc(OC(F)(F)F)ccc2C2CC2)n1. The Kier molecular flexibility index (Phi) is 5.48. The van der Waals surface area contributed by atoms with Gasteiger partial charge in [0.2, 0.25) is 0 Å². The van der Waals surface area contributed by atoms with Crippen molar-refractivity contribution in [2.45, 2.75) is 50.2 Å². The van der Waals surface area contributed by atoms with Crippen molar-refractivity contribution in [3.05, 3.63) is 42.0 Å². The highest BCUT2D eigenvalue weighted by atomic mass is 19.4. The van der Waals surface area contributed by atoms with Crippen LogP contribution in [0.5, 0.6) is 5.75 Å². The van der Waals surface area contributed by atoms with Crippen LogP contribution >= 0.6 is 0 Å². The molecule has 2 fully saturated rings. The van der Waals surface area contributed by atoms with Gasteiger partial charge in [0.25, 0.3) is 17.6 Å². The van der Waals surface area contributed by atoms with Crippen LogP contribution < -0.4 is 15.4 Å². The van der Waals surface area contributed by atoms with Gasteiger partial charge in [0.05, 0.1) is 12.7 Å². The van der Waals surface area contributed by atoms with Crippen LogP contribution in [0.25, 0.3) is 11.5 Å². The van der Waals surface area contributed by atoms with E-state index in [0.717, 1.165) is 18.4 Å². The number of hydrogen-bond donors (Lipinski definition) is 2. The Labute approximate surface area is 185 Å². The molecule has 3 heterocycles. The molecule has 2 N–H and O–H groups in total. The van der Waals surface area contributed by atoms with E-state index in [1.165, 1.54) is 12.1 Å². The number of hydrogen-bond acceptors (Lipinski definition) is 8. The molecule has 0 unspecified atom stereocenters. The molecule has 1 aromatic carbocycles. The Balaban J connectivity index is 1.27. The second-order valence-electron chi connectivity index (χ2n) is 8.13. The molecule has 1 saturated carbocycles. The third-order valence-corrected chi connectivity index (χ3v) is 5.57. The Morgan fingerprint density at radius 2 is 2.18 bits per heavy atom. The molecule has 13 heteroatoms. The molecule has 0 spiro atoms. The third-order valence-electron chi connectivity index (χ3n) is 5.57. The van der Waals surface area contributed by atoms with Crippen molar-refractivity contribution < 1.29 is 27.2 Å². The molecule has 0 radical (unpaired) electrons. The lowest BCUT2D eigenvalue weighted by atomic mass is 10.0. The van der Waals surface area contributed by atoms with Crippen LogP contribution in [-0.4, -0.2) is 56.0 Å². The maximum Gasteiger partial charge on any atom is 0.573 e. The van der Waals surface area contributed by atoms with Gasteiger partial charge in [-0.25, -0.2) is 0 Å². The Morgan fingerprint density at radius 1 is 1.33 bits per heavy atom. The Bertz CT molecular complexity index is 1130. The second kappa shape index (κ2) is 8.46. The zero-order valence-electron chi connectivity index (χ0n) is 17.2.